The van der Waals surface area contributed by atoms with Gasteiger partial charge in [-0.25, -0.2) is 0 Å². The molecule has 6 nitrogen and oxygen atoms in total. The van der Waals surface area contributed by atoms with Gasteiger partial charge in [0.2, 0.25) is 0 Å². The summed E-state index contributed by atoms with van der Waals surface area (Å²) in [7, 11) is 0. The van der Waals surface area contributed by atoms with Gasteiger partial charge < -0.3 is 14.2 Å². The van der Waals surface area contributed by atoms with Crippen molar-refractivity contribution < 1.29 is 28.6 Å². The van der Waals surface area contributed by atoms with Gasteiger partial charge in [-0.3, -0.25) is 14.4 Å². The smallest absolute Gasteiger partial charge is 0.306 e. The molecule has 0 radical (unpaired) electrons. The van der Waals surface area contributed by atoms with E-state index in [9.17, 15) is 14.4 Å². The fourth-order valence-corrected chi connectivity index (χ4v) is 9.71. The first kappa shape index (κ1) is 76.3. The second-order valence-corrected chi connectivity index (χ2v) is 22.7. The van der Waals surface area contributed by atoms with E-state index in [4.69, 9.17) is 14.2 Å². The van der Waals surface area contributed by atoms with Gasteiger partial charge in [-0.2, -0.15) is 0 Å². The minimum atomic E-state index is -0.795. The second-order valence-electron chi connectivity index (χ2n) is 22.7. The Morgan fingerprint density at radius 1 is 0.263 bits per heavy atom. The average Bonchev–Trinajstić information content (AvgIpc) is 3.46. The van der Waals surface area contributed by atoms with Gasteiger partial charge in [-0.1, -0.05) is 311 Å². The summed E-state index contributed by atoms with van der Waals surface area (Å²) in [6, 6.07) is 0. The Labute approximate surface area is 496 Å². The number of ether oxygens (including phenoxy) is 3. The molecule has 0 rings (SSSR count). The van der Waals surface area contributed by atoms with Crippen molar-refractivity contribution in [2.75, 3.05) is 13.2 Å². The fourth-order valence-electron chi connectivity index (χ4n) is 9.71. The number of esters is 3. The number of carbonyl (C=O) groups excluding carboxylic acids is 3. The predicted molar refractivity (Wildman–Crippen MR) is 348 cm³/mol. The SMILES string of the molecule is CC/C=C\C/C=C\C/C=C\C/C=C\C/C=C\C/C=C\C/C=C\CCCCCC(=O)OCC(COC(=O)CCCCCCC/C=C\CCCCC)OC(=O)CCCCCCCCCCCCCCCCCCCCCCCCCCC. The highest BCUT2D eigenvalue weighted by molar-refractivity contribution is 5.71. The molecule has 0 spiro atoms. The van der Waals surface area contributed by atoms with Crippen molar-refractivity contribution in [2.24, 2.45) is 0 Å². The lowest BCUT2D eigenvalue weighted by Gasteiger charge is -2.18. The van der Waals surface area contributed by atoms with E-state index in [-0.39, 0.29) is 31.1 Å². The third-order valence-electron chi connectivity index (χ3n) is 14.8. The molecule has 0 aromatic carbocycles. The van der Waals surface area contributed by atoms with Crippen molar-refractivity contribution >= 4 is 17.9 Å². The minimum absolute atomic E-state index is 0.0905. The Kier molecular flexibility index (Phi) is 64.7. The van der Waals surface area contributed by atoms with Crippen LogP contribution >= 0.6 is 0 Å². The molecule has 0 aromatic rings. The summed E-state index contributed by atoms with van der Waals surface area (Å²) in [5.41, 5.74) is 0. The van der Waals surface area contributed by atoms with E-state index in [0.29, 0.717) is 19.3 Å². The number of hydrogen-bond donors (Lipinski definition) is 0. The highest BCUT2D eigenvalue weighted by Crippen LogP contribution is 2.17. The summed E-state index contributed by atoms with van der Waals surface area (Å²) in [5.74, 6) is -0.919. The first-order valence-electron chi connectivity index (χ1n) is 34.2. The van der Waals surface area contributed by atoms with Gasteiger partial charge in [-0.05, 0) is 103 Å². The zero-order valence-corrected chi connectivity index (χ0v) is 52.8. The van der Waals surface area contributed by atoms with Crippen molar-refractivity contribution in [3.63, 3.8) is 0 Å². The van der Waals surface area contributed by atoms with Crippen LogP contribution in [0.25, 0.3) is 0 Å². The molecule has 0 aliphatic rings. The summed E-state index contributed by atoms with van der Waals surface area (Å²) in [6.45, 7) is 6.51. The number of carbonyl (C=O) groups is 3. The van der Waals surface area contributed by atoms with Crippen molar-refractivity contribution in [2.45, 2.75) is 341 Å². The Morgan fingerprint density at radius 3 is 0.812 bits per heavy atom. The van der Waals surface area contributed by atoms with E-state index >= 15 is 0 Å². The molecule has 1 unspecified atom stereocenters. The number of allylic oxidation sites excluding steroid dienone is 16. The molecule has 0 fully saturated rings. The maximum absolute atomic E-state index is 12.9. The highest BCUT2D eigenvalue weighted by Gasteiger charge is 2.19. The largest absolute Gasteiger partial charge is 0.462 e. The summed E-state index contributed by atoms with van der Waals surface area (Å²) in [6.07, 6.45) is 91.5. The lowest BCUT2D eigenvalue weighted by atomic mass is 10.0. The van der Waals surface area contributed by atoms with Gasteiger partial charge in [0.1, 0.15) is 13.2 Å². The monoisotopic (exact) mass is 1110 g/mol. The van der Waals surface area contributed by atoms with Crippen LogP contribution in [0.2, 0.25) is 0 Å². The molecule has 0 saturated carbocycles. The van der Waals surface area contributed by atoms with Crippen LogP contribution in [0.3, 0.4) is 0 Å². The van der Waals surface area contributed by atoms with E-state index < -0.39 is 6.10 Å². The highest BCUT2D eigenvalue weighted by atomic mass is 16.6. The Bertz CT molecular complexity index is 1560. The molecular formula is C74H128O6. The fraction of sp³-hybridized carbons (Fsp3) is 0.743. The maximum atomic E-state index is 12.9. The quantitative estimate of drug-likeness (QED) is 0.0261. The Morgan fingerprint density at radius 2 is 0.487 bits per heavy atom. The number of rotatable bonds is 62. The van der Waals surface area contributed by atoms with Crippen LogP contribution in [0.5, 0.6) is 0 Å². The molecule has 460 valence electrons. The van der Waals surface area contributed by atoms with E-state index in [1.807, 2.05) is 0 Å². The van der Waals surface area contributed by atoms with Crippen LogP contribution < -0.4 is 0 Å². The molecule has 0 bridgehead atoms. The van der Waals surface area contributed by atoms with Crippen LogP contribution in [0, 0.1) is 0 Å². The van der Waals surface area contributed by atoms with Gasteiger partial charge in [0.05, 0.1) is 0 Å². The average molecular weight is 1110 g/mol. The molecule has 0 N–H and O–H groups in total. The molecule has 1 atom stereocenters. The summed E-state index contributed by atoms with van der Waals surface area (Å²) in [5, 5.41) is 0. The summed E-state index contributed by atoms with van der Waals surface area (Å²) < 4.78 is 16.9. The molecule has 0 saturated heterocycles. The zero-order chi connectivity index (χ0) is 57.8. The molecule has 0 aromatic heterocycles. The zero-order valence-electron chi connectivity index (χ0n) is 52.8. The first-order valence-corrected chi connectivity index (χ1v) is 34.2. The molecule has 0 amide bonds. The van der Waals surface area contributed by atoms with Crippen LogP contribution in [0.4, 0.5) is 0 Å². The normalized spacial score (nSPS) is 12.7. The van der Waals surface area contributed by atoms with Crippen molar-refractivity contribution in [1.82, 2.24) is 0 Å². The van der Waals surface area contributed by atoms with E-state index in [1.165, 1.54) is 180 Å². The molecule has 0 heterocycles. The van der Waals surface area contributed by atoms with Crippen molar-refractivity contribution in [1.29, 1.82) is 0 Å². The van der Waals surface area contributed by atoms with Gasteiger partial charge in [-0.15, -0.1) is 0 Å². The topological polar surface area (TPSA) is 78.9 Å². The van der Waals surface area contributed by atoms with Crippen molar-refractivity contribution in [3.05, 3.63) is 97.2 Å². The van der Waals surface area contributed by atoms with E-state index in [2.05, 4.69) is 118 Å². The Hall–Kier alpha value is -3.67. The van der Waals surface area contributed by atoms with Gasteiger partial charge in [0.25, 0.3) is 0 Å². The lowest BCUT2D eigenvalue weighted by Crippen LogP contribution is -2.30. The molecule has 80 heavy (non-hydrogen) atoms. The summed E-state index contributed by atoms with van der Waals surface area (Å²) >= 11 is 0. The molecule has 0 aliphatic heterocycles. The number of unbranched alkanes of at least 4 members (excludes halogenated alkanes) is 35. The molecular weight excluding hydrogens is 985 g/mol. The lowest BCUT2D eigenvalue weighted by molar-refractivity contribution is -0.167. The van der Waals surface area contributed by atoms with Crippen LogP contribution in [0.1, 0.15) is 335 Å². The van der Waals surface area contributed by atoms with Crippen molar-refractivity contribution in [3.8, 4) is 0 Å². The first-order chi connectivity index (χ1) is 39.5. The predicted octanol–water partition coefficient (Wildman–Crippen LogP) is 23.6. The maximum Gasteiger partial charge on any atom is 0.306 e. The van der Waals surface area contributed by atoms with Crippen LogP contribution in [0.15, 0.2) is 97.2 Å². The second kappa shape index (κ2) is 67.8. The Balaban J connectivity index is 4.33. The van der Waals surface area contributed by atoms with Crippen LogP contribution in [-0.4, -0.2) is 37.2 Å². The van der Waals surface area contributed by atoms with Gasteiger partial charge in [0.15, 0.2) is 6.10 Å². The van der Waals surface area contributed by atoms with E-state index in [0.717, 1.165) is 116 Å². The number of hydrogen-bond acceptors (Lipinski definition) is 6. The summed E-state index contributed by atoms with van der Waals surface area (Å²) in [4.78, 5) is 38.3. The van der Waals surface area contributed by atoms with Crippen LogP contribution in [-0.2, 0) is 28.6 Å². The van der Waals surface area contributed by atoms with Gasteiger partial charge >= 0.3 is 17.9 Å². The molecule has 0 aliphatic carbocycles. The minimum Gasteiger partial charge on any atom is -0.462 e. The van der Waals surface area contributed by atoms with E-state index in [1.54, 1.807) is 0 Å². The standard InChI is InChI=1S/C74H128O6/c1-4-7-10-13-16-19-22-25-27-29-31-33-35-37-39-41-43-45-47-49-52-55-58-61-64-67-73(76)79-70-71(69-78-72(75)66-63-60-57-54-51-24-21-18-15-12-9-6-3)80-74(77)68-65-62-59-56-53-50-48-46-44-42-40-38-36-34-32-30-28-26-23-20-17-14-11-8-5-2/h7,10,16,18-19,21,25,27,31,33,37,39,43,45,49,52,71H,4-6,8-9,11-15,17,20,22-24,26,28-30,32,34-36,38,40-42,44,46-48,50-51,53-70H2,1-3H3/b10-7-,19-16-,21-18-,27-25-,33-31-,39-37-,45-43-,52-49-. The van der Waals surface area contributed by atoms with Gasteiger partial charge in [0, 0.05) is 19.3 Å². The third-order valence-corrected chi connectivity index (χ3v) is 14.8. The molecule has 6 heteroatoms. The third kappa shape index (κ3) is 65.1.